The number of hydrogen-bond donors (Lipinski definition) is 1. The molecule has 1 atom stereocenters. The lowest BCUT2D eigenvalue weighted by Crippen LogP contribution is -2.13. The molecular formula is C15H18N2S. The average Bonchev–Trinajstić information content (AvgIpc) is 2.46. The van der Waals surface area contributed by atoms with Crippen LogP contribution in [0.1, 0.15) is 24.1 Å². The van der Waals surface area contributed by atoms with E-state index in [9.17, 15) is 0 Å². The third-order valence-electron chi connectivity index (χ3n) is 2.86. The molecule has 0 aliphatic rings. The number of hydrogen-bond acceptors (Lipinski definition) is 3. The van der Waals surface area contributed by atoms with Gasteiger partial charge in [0, 0.05) is 18.0 Å². The molecule has 94 valence electrons. The molecule has 0 bridgehead atoms. The van der Waals surface area contributed by atoms with E-state index < -0.39 is 0 Å². The van der Waals surface area contributed by atoms with Gasteiger partial charge in [0.15, 0.2) is 0 Å². The van der Waals surface area contributed by atoms with Crippen LogP contribution in [-0.2, 0) is 6.42 Å². The summed E-state index contributed by atoms with van der Waals surface area (Å²) in [6.07, 6.45) is 2.88. The third-order valence-corrected chi connectivity index (χ3v) is 3.93. The van der Waals surface area contributed by atoms with Crippen LogP contribution >= 0.6 is 11.8 Å². The molecule has 2 rings (SSSR count). The zero-order valence-electron chi connectivity index (χ0n) is 10.5. The van der Waals surface area contributed by atoms with Gasteiger partial charge in [0.25, 0.3) is 0 Å². The van der Waals surface area contributed by atoms with E-state index in [1.165, 1.54) is 11.1 Å². The summed E-state index contributed by atoms with van der Waals surface area (Å²) in [7, 11) is 0. The van der Waals surface area contributed by atoms with Crippen LogP contribution < -0.4 is 5.73 Å². The van der Waals surface area contributed by atoms with Crippen molar-refractivity contribution in [2.75, 3.05) is 5.75 Å². The first-order valence-corrected chi connectivity index (χ1v) is 7.16. The quantitative estimate of drug-likeness (QED) is 0.835. The van der Waals surface area contributed by atoms with Gasteiger partial charge in [-0.05, 0) is 29.7 Å². The van der Waals surface area contributed by atoms with E-state index in [2.05, 4.69) is 36.2 Å². The van der Waals surface area contributed by atoms with Gasteiger partial charge in [0.2, 0.25) is 0 Å². The second kappa shape index (κ2) is 6.57. The fourth-order valence-electron chi connectivity index (χ4n) is 1.70. The lowest BCUT2D eigenvalue weighted by Gasteiger charge is -2.11. The smallest absolute Gasteiger partial charge is 0.0960 e. The number of aryl methyl sites for hydroxylation is 1. The van der Waals surface area contributed by atoms with Gasteiger partial charge in [-0.25, -0.2) is 4.98 Å². The molecule has 2 aromatic rings. The van der Waals surface area contributed by atoms with E-state index in [1.54, 1.807) is 11.8 Å². The molecule has 3 heteroatoms. The summed E-state index contributed by atoms with van der Waals surface area (Å²) in [4.78, 5) is 4.28. The number of aromatic nitrogens is 1. The fourth-order valence-corrected chi connectivity index (χ4v) is 2.56. The highest BCUT2D eigenvalue weighted by Crippen LogP contribution is 2.21. The molecule has 2 nitrogen and oxygen atoms in total. The normalized spacial score (nSPS) is 12.3. The summed E-state index contributed by atoms with van der Waals surface area (Å²) in [5, 5.41) is 1.03. The largest absolute Gasteiger partial charge is 0.323 e. The van der Waals surface area contributed by atoms with E-state index in [-0.39, 0.29) is 6.04 Å². The topological polar surface area (TPSA) is 38.9 Å². The number of nitrogens with two attached hydrogens (primary N) is 1. The van der Waals surface area contributed by atoms with Gasteiger partial charge in [-0.2, -0.15) is 0 Å². The summed E-state index contributed by atoms with van der Waals surface area (Å²) in [6, 6.07) is 14.6. The van der Waals surface area contributed by atoms with E-state index in [0.717, 1.165) is 17.2 Å². The highest BCUT2D eigenvalue weighted by atomic mass is 32.2. The number of nitrogens with zero attached hydrogens (tertiary/aromatic N) is 1. The molecule has 0 aliphatic heterocycles. The van der Waals surface area contributed by atoms with Crippen molar-refractivity contribution in [1.29, 1.82) is 0 Å². The highest BCUT2D eigenvalue weighted by Gasteiger charge is 2.06. The minimum atomic E-state index is 0.0583. The Morgan fingerprint density at radius 1 is 1.17 bits per heavy atom. The maximum absolute atomic E-state index is 6.19. The van der Waals surface area contributed by atoms with E-state index in [0.29, 0.717) is 0 Å². The molecule has 1 aromatic carbocycles. The number of benzene rings is 1. The van der Waals surface area contributed by atoms with Gasteiger partial charge in [-0.15, -0.1) is 11.8 Å². The maximum Gasteiger partial charge on any atom is 0.0960 e. The highest BCUT2D eigenvalue weighted by molar-refractivity contribution is 7.99. The van der Waals surface area contributed by atoms with Gasteiger partial charge >= 0.3 is 0 Å². The zero-order valence-corrected chi connectivity index (χ0v) is 11.4. The second-order valence-electron chi connectivity index (χ2n) is 4.18. The number of thioether (sulfide) groups is 1. The Bertz CT molecular complexity index is 468. The Morgan fingerprint density at radius 3 is 2.56 bits per heavy atom. The average molecular weight is 258 g/mol. The predicted molar refractivity (Wildman–Crippen MR) is 77.7 cm³/mol. The minimum Gasteiger partial charge on any atom is -0.323 e. The molecule has 0 amide bonds. The van der Waals surface area contributed by atoms with Crippen molar-refractivity contribution < 1.29 is 0 Å². The van der Waals surface area contributed by atoms with Crippen LogP contribution in [0.25, 0.3) is 0 Å². The van der Waals surface area contributed by atoms with Crippen LogP contribution in [0.4, 0.5) is 0 Å². The molecule has 1 heterocycles. The van der Waals surface area contributed by atoms with Crippen molar-refractivity contribution in [1.82, 2.24) is 4.98 Å². The Kier molecular flexibility index (Phi) is 4.79. The summed E-state index contributed by atoms with van der Waals surface area (Å²) in [5.74, 6) is 0.850. The first-order chi connectivity index (χ1) is 8.79. The van der Waals surface area contributed by atoms with Gasteiger partial charge in [0.05, 0.1) is 5.03 Å². The van der Waals surface area contributed by atoms with Crippen molar-refractivity contribution in [3.8, 4) is 0 Å². The summed E-state index contributed by atoms with van der Waals surface area (Å²) >= 11 is 1.70. The molecule has 0 saturated carbocycles. The van der Waals surface area contributed by atoms with Crippen molar-refractivity contribution in [2.45, 2.75) is 24.4 Å². The first kappa shape index (κ1) is 13.1. The zero-order chi connectivity index (χ0) is 12.8. The van der Waals surface area contributed by atoms with Gasteiger partial charge in [0.1, 0.15) is 0 Å². The molecular weight excluding hydrogens is 240 g/mol. The standard InChI is InChI=1S/C15H18N2S/c1-2-12-6-8-13(9-7-12)14(16)11-18-15-5-3-4-10-17-15/h3-10,14H,2,11,16H2,1H3. The van der Waals surface area contributed by atoms with Crippen molar-refractivity contribution >= 4 is 11.8 Å². The van der Waals surface area contributed by atoms with Gasteiger partial charge in [-0.1, -0.05) is 37.3 Å². The lowest BCUT2D eigenvalue weighted by molar-refractivity contribution is 0.828. The fraction of sp³-hybridized carbons (Fsp3) is 0.267. The van der Waals surface area contributed by atoms with E-state index in [1.807, 2.05) is 24.4 Å². The van der Waals surface area contributed by atoms with Crippen molar-refractivity contribution in [2.24, 2.45) is 5.73 Å². The third kappa shape index (κ3) is 3.59. The van der Waals surface area contributed by atoms with Crippen LogP contribution in [0.3, 0.4) is 0 Å². The summed E-state index contributed by atoms with van der Waals surface area (Å²) in [6.45, 7) is 2.16. The van der Waals surface area contributed by atoms with Crippen LogP contribution in [-0.4, -0.2) is 10.7 Å². The van der Waals surface area contributed by atoms with Crippen LogP contribution in [0.2, 0.25) is 0 Å². The van der Waals surface area contributed by atoms with Crippen molar-refractivity contribution in [3.05, 3.63) is 59.8 Å². The maximum atomic E-state index is 6.19. The monoisotopic (exact) mass is 258 g/mol. The van der Waals surface area contributed by atoms with Crippen LogP contribution in [0.5, 0.6) is 0 Å². The van der Waals surface area contributed by atoms with E-state index in [4.69, 9.17) is 5.73 Å². The van der Waals surface area contributed by atoms with Crippen molar-refractivity contribution in [3.63, 3.8) is 0 Å². The molecule has 0 spiro atoms. The molecule has 18 heavy (non-hydrogen) atoms. The van der Waals surface area contributed by atoms with Crippen LogP contribution in [0.15, 0.2) is 53.7 Å². The number of rotatable bonds is 5. The molecule has 1 aromatic heterocycles. The Labute approximate surface area is 113 Å². The molecule has 0 radical (unpaired) electrons. The molecule has 0 aliphatic carbocycles. The SMILES string of the molecule is CCc1ccc(C(N)CSc2ccccn2)cc1. The summed E-state index contributed by atoms with van der Waals surface area (Å²) < 4.78 is 0. The Morgan fingerprint density at radius 2 is 1.94 bits per heavy atom. The van der Waals surface area contributed by atoms with Gasteiger partial charge in [-0.3, -0.25) is 0 Å². The van der Waals surface area contributed by atoms with Gasteiger partial charge < -0.3 is 5.73 Å². The molecule has 2 N–H and O–H groups in total. The predicted octanol–water partition coefficient (Wildman–Crippen LogP) is 3.44. The minimum absolute atomic E-state index is 0.0583. The molecule has 0 fully saturated rings. The first-order valence-electron chi connectivity index (χ1n) is 6.18. The second-order valence-corrected chi connectivity index (χ2v) is 5.22. The Balaban J connectivity index is 1.93. The molecule has 0 saturated heterocycles. The lowest BCUT2D eigenvalue weighted by atomic mass is 10.1. The number of pyridine rings is 1. The Hall–Kier alpha value is -1.32. The van der Waals surface area contributed by atoms with Crippen LogP contribution in [0, 0.1) is 0 Å². The van der Waals surface area contributed by atoms with E-state index >= 15 is 0 Å². The molecule has 1 unspecified atom stereocenters. The summed E-state index contributed by atoms with van der Waals surface area (Å²) in [5.41, 5.74) is 8.73.